The number of rotatable bonds is 10. The van der Waals surface area contributed by atoms with Gasteiger partial charge in [0.1, 0.15) is 0 Å². The zero-order valence-electron chi connectivity index (χ0n) is 12.8. The first-order chi connectivity index (χ1) is 9.34. The minimum atomic E-state index is 0.547. The zero-order chi connectivity index (χ0) is 13.8. The smallest absolute Gasteiger partial charge is 0.00104 e. The Morgan fingerprint density at radius 1 is 0.895 bits per heavy atom. The Balaban J connectivity index is 2.04. The van der Waals surface area contributed by atoms with Crippen molar-refractivity contribution in [1.29, 1.82) is 0 Å². The summed E-state index contributed by atoms with van der Waals surface area (Å²) < 4.78 is 0. The minimum absolute atomic E-state index is 0.547. The van der Waals surface area contributed by atoms with Crippen molar-refractivity contribution >= 4 is 0 Å². The second-order valence-electron chi connectivity index (χ2n) is 5.54. The molecule has 0 spiro atoms. The molecule has 0 aliphatic carbocycles. The Morgan fingerprint density at radius 3 is 2.21 bits per heavy atom. The Kier molecular flexibility index (Phi) is 9.14. The second kappa shape index (κ2) is 10.8. The summed E-state index contributed by atoms with van der Waals surface area (Å²) >= 11 is 0. The van der Waals surface area contributed by atoms with Crippen molar-refractivity contribution in [2.24, 2.45) is 0 Å². The van der Waals surface area contributed by atoms with E-state index < -0.39 is 0 Å². The predicted octanol–water partition coefficient (Wildman–Crippen LogP) is 6.49. The maximum Gasteiger partial charge on any atom is -0.00104 e. The number of benzene rings is 1. The van der Waals surface area contributed by atoms with Gasteiger partial charge in [-0.2, -0.15) is 0 Å². The van der Waals surface area contributed by atoms with Gasteiger partial charge in [0.2, 0.25) is 0 Å². The Hall–Kier alpha value is -1.04. The van der Waals surface area contributed by atoms with Crippen LogP contribution in [-0.2, 0) is 0 Å². The Labute approximate surface area is 119 Å². The van der Waals surface area contributed by atoms with E-state index in [9.17, 15) is 0 Å². The van der Waals surface area contributed by atoms with Gasteiger partial charge in [0, 0.05) is 0 Å². The fourth-order valence-electron chi connectivity index (χ4n) is 2.39. The topological polar surface area (TPSA) is 0 Å². The van der Waals surface area contributed by atoms with Crippen LogP contribution in [0.5, 0.6) is 0 Å². The van der Waals surface area contributed by atoms with Gasteiger partial charge in [-0.15, -0.1) is 0 Å². The van der Waals surface area contributed by atoms with Gasteiger partial charge < -0.3 is 0 Å². The third kappa shape index (κ3) is 7.87. The molecule has 0 aliphatic heterocycles. The quantitative estimate of drug-likeness (QED) is 0.332. The Morgan fingerprint density at radius 2 is 1.53 bits per heavy atom. The largest absolute Gasteiger partial charge is 0.0879 e. The molecule has 0 aliphatic rings. The molecule has 0 bridgehead atoms. The zero-order valence-corrected chi connectivity index (χ0v) is 12.8. The predicted molar refractivity (Wildman–Crippen MR) is 86.6 cm³/mol. The van der Waals surface area contributed by atoms with Crippen molar-refractivity contribution < 1.29 is 0 Å². The first-order valence-electron chi connectivity index (χ1n) is 8.06. The first-order valence-corrected chi connectivity index (χ1v) is 8.06. The first kappa shape index (κ1) is 16.0. The van der Waals surface area contributed by atoms with Gasteiger partial charge in [0.05, 0.1) is 0 Å². The molecule has 0 radical (unpaired) electrons. The van der Waals surface area contributed by atoms with Crippen molar-refractivity contribution in [3.8, 4) is 0 Å². The number of unbranched alkanes of at least 4 members (excludes halogenated alkanes) is 7. The molecule has 1 aromatic rings. The summed E-state index contributed by atoms with van der Waals surface area (Å²) in [6.07, 6.45) is 15.7. The lowest BCUT2D eigenvalue weighted by molar-refractivity contribution is 0.592. The van der Waals surface area contributed by atoms with Crippen LogP contribution in [0.1, 0.15) is 76.7 Å². The van der Waals surface area contributed by atoms with Gasteiger partial charge in [-0.1, -0.05) is 94.9 Å². The van der Waals surface area contributed by atoms with Crippen molar-refractivity contribution in [2.45, 2.75) is 71.1 Å². The molecule has 0 saturated carbocycles. The molecule has 0 nitrogen and oxygen atoms in total. The molecule has 0 N–H and O–H groups in total. The fourth-order valence-corrected chi connectivity index (χ4v) is 2.39. The van der Waals surface area contributed by atoms with E-state index in [4.69, 9.17) is 0 Å². The van der Waals surface area contributed by atoms with Crippen molar-refractivity contribution in [3.05, 3.63) is 48.0 Å². The van der Waals surface area contributed by atoms with E-state index in [-0.39, 0.29) is 0 Å². The number of hydrogen-bond acceptors (Lipinski definition) is 0. The molecule has 0 aromatic heterocycles. The molecule has 1 atom stereocenters. The normalized spacial score (nSPS) is 12.9. The minimum Gasteiger partial charge on any atom is -0.0879 e. The lowest BCUT2D eigenvalue weighted by Crippen LogP contribution is -1.87. The summed E-state index contributed by atoms with van der Waals surface area (Å²) in [4.78, 5) is 0. The van der Waals surface area contributed by atoms with Gasteiger partial charge in [0.15, 0.2) is 0 Å². The maximum atomic E-state index is 2.36. The van der Waals surface area contributed by atoms with Crippen LogP contribution in [0, 0.1) is 0 Å². The van der Waals surface area contributed by atoms with Crippen LogP contribution in [-0.4, -0.2) is 0 Å². The molecule has 0 heterocycles. The molecule has 1 aromatic carbocycles. The summed E-state index contributed by atoms with van der Waals surface area (Å²) in [5.74, 6) is 0.547. The van der Waals surface area contributed by atoms with Crippen LogP contribution in [0.4, 0.5) is 0 Å². The molecule has 19 heavy (non-hydrogen) atoms. The highest BCUT2D eigenvalue weighted by molar-refractivity contribution is 5.22. The van der Waals surface area contributed by atoms with Crippen molar-refractivity contribution in [2.75, 3.05) is 0 Å². The van der Waals surface area contributed by atoms with Crippen LogP contribution < -0.4 is 0 Å². The van der Waals surface area contributed by atoms with Crippen molar-refractivity contribution in [1.82, 2.24) is 0 Å². The molecule has 1 rings (SSSR count). The highest BCUT2D eigenvalue weighted by Crippen LogP contribution is 2.16. The number of hydrogen-bond donors (Lipinski definition) is 0. The summed E-state index contributed by atoms with van der Waals surface area (Å²) in [5, 5.41) is 0. The second-order valence-corrected chi connectivity index (χ2v) is 5.54. The van der Waals surface area contributed by atoms with Crippen LogP contribution in [0.3, 0.4) is 0 Å². The summed E-state index contributed by atoms with van der Waals surface area (Å²) in [5.41, 5.74) is 1.42. The van der Waals surface area contributed by atoms with E-state index in [0.717, 1.165) is 0 Å². The van der Waals surface area contributed by atoms with E-state index in [1.807, 2.05) is 0 Å². The standard InChI is InChI=1S/C19H30/c1-3-4-5-6-7-8-9-10-12-15-18(2)19-16-13-11-14-17-19/h11-18H,3-10H2,1-2H3/b15-12+. The van der Waals surface area contributed by atoms with E-state index >= 15 is 0 Å². The molecule has 1 unspecified atom stereocenters. The fraction of sp³-hybridized carbons (Fsp3) is 0.579. The molecular weight excluding hydrogens is 228 g/mol. The van der Waals surface area contributed by atoms with Gasteiger partial charge in [-0.05, 0) is 24.3 Å². The lowest BCUT2D eigenvalue weighted by atomic mass is 10.00. The van der Waals surface area contributed by atoms with Gasteiger partial charge in [0.25, 0.3) is 0 Å². The molecule has 0 fully saturated rings. The molecule has 0 saturated heterocycles. The van der Waals surface area contributed by atoms with E-state index in [0.29, 0.717) is 5.92 Å². The summed E-state index contributed by atoms with van der Waals surface area (Å²) in [6.45, 7) is 4.55. The summed E-state index contributed by atoms with van der Waals surface area (Å²) in [6, 6.07) is 10.7. The maximum absolute atomic E-state index is 2.36. The third-order valence-electron chi connectivity index (χ3n) is 3.72. The average Bonchev–Trinajstić information content (AvgIpc) is 2.46. The van der Waals surface area contributed by atoms with Gasteiger partial charge >= 0.3 is 0 Å². The van der Waals surface area contributed by atoms with E-state index in [2.05, 4.69) is 56.3 Å². The van der Waals surface area contributed by atoms with Crippen LogP contribution in [0.2, 0.25) is 0 Å². The molecule has 0 heteroatoms. The van der Waals surface area contributed by atoms with Crippen LogP contribution in [0.25, 0.3) is 0 Å². The lowest BCUT2D eigenvalue weighted by Gasteiger charge is -2.05. The highest BCUT2D eigenvalue weighted by Gasteiger charge is 1.98. The Bertz CT molecular complexity index is 323. The summed E-state index contributed by atoms with van der Waals surface area (Å²) in [7, 11) is 0. The van der Waals surface area contributed by atoms with Gasteiger partial charge in [-0.3, -0.25) is 0 Å². The number of allylic oxidation sites excluding steroid dienone is 2. The molecule has 106 valence electrons. The molecular formula is C19H30. The van der Waals surface area contributed by atoms with Crippen LogP contribution in [0.15, 0.2) is 42.5 Å². The SMILES string of the molecule is CCCCCCCCC/C=C/C(C)c1ccccc1. The van der Waals surface area contributed by atoms with Gasteiger partial charge in [-0.25, -0.2) is 0 Å². The third-order valence-corrected chi connectivity index (χ3v) is 3.72. The highest BCUT2D eigenvalue weighted by atomic mass is 14.0. The average molecular weight is 258 g/mol. The van der Waals surface area contributed by atoms with Crippen molar-refractivity contribution in [3.63, 3.8) is 0 Å². The van der Waals surface area contributed by atoms with E-state index in [1.165, 1.54) is 56.9 Å². The van der Waals surface area contributed by atoms with E-state index in [1.54, 1.807) is 0 Å². The monoisotopic (exact) mass is 258 g/mol. The molecule has 0 amide bonds. The van der Waals surface area contributed by atoms with Crippen LogP contribution >= 0.6 is 0 Å².